The number of hydrogen-bond donors (Lipinski definition) is 2. The molecule has 1 aliphatic rings. The number of nitrogens with one attached hydrogen (secondary N) is 2. The molecule has 0 aromatic carbocycles. The van der Waals surface area contributed by atoms with Crippen LogP contribution >= 0.6 is 0 Å². The van der Waals surface area contributed by atoms with E-state index in [4.69, 9.17) is 4.74 Å². The maximum Gasteiger partial charge on any atom is 0.191 e. The Labute approximate surface area is 139 Å². The molecule has 0 amide bonds. The van der Waals surface area contributed by atoms with E-state index in [1.807, 2.05) is 19.4 Å². The minimum Gasteiger partial charge on any atom is -0.377 e. The van der Waals surface area contributed by atoms with Gasteiger partial charge < -0.3 is 15.4 Å². The van der Waals surface area contributed by atoms with Crippen LogP contribution in [0.1, 0.15) is 39.2 Å². The Balaban J connectivity index is 1.84. The van der Waals surface area contributed by atoms with Crippen LogP contribution in [0.2, 0.25) is 0 Å². The Morgan fingerprint density at radius 2 is 2.22 bits per heavy atom. The van der Waals surface area contributed by atoms with Gasteiger partial charge in [-0.3, -0.25) is 9.67 Å². The number of rotatable bonds is 4. The third-order valence-corrected chi connectivity index (χ3v) is 4.27. The summed E-state index contributed by atoms with van der Waals surface area (Å²) < 4.78 is 7.85. The Bertz CT molecular complexity index is 517. The highest BCUT2D eigenvalue weighted by Crippen LogP contribution is 2.33. The summed E-state index contributed by atoms with van der Waals surface area (Å²) in [5.41, 5.74) is 1.31. The van der Waals surface area contributed by atoms with Crippen molar-refractivity contribution < 1.29 is 4.74 Å². The Hall–Kier alpha value is -1.56. The summed E-state index contributed by atoms with van der Waals surface area (Å²) in [5.74, 6) is 1.34. The number of aliphatic imine (C=N–C) groups is 1. The summed E-state index contributed by atoms with van der Waals surface area (Å²) in [4.78, 5) is 4.31. The lowest BCUT2D eigenvalue weighted by atomic mass is 9.78. The van der Waals surface area contributed by atoms with Gasteiger partial charge >= 0.3 is 0 Å². The average Bonchev–Trinajstić information content (AvgIpc) is 2.92. The highest BCUT2D eigenvalue weighted by Gasteiger charge is 2.35. The second kappa shape index (κ2) is 7.81. The third kappa shape index (κ3) is 5.23. The molecular weight excluding hydrogens is 290 g/mol. The molecular formula is C17H31N5O. The van der Waals surface area contributed by atoms with Gasteiger partial charge in [-0.15, -0.1) is 0 Å². The lowest BCUT2D eigenvalue weighted by molar-refractivity contribution is -0.0835. The lowest BCUT2D eigenvalue weighted by Gasteiger charge is -2.40. The molecule has 6 heteroatoms. The number of aromatic nitrogens is 2. The standard InChI is InChI=1S/C17H31N5O/c1-17(2,3)15-14(7-6-8-23-15)11-20-16(18-4)19-9-13-10-21-22(5)12-13/h10,12,14-15H,6-9,11H2,1-5H3,(H2,18,19,20). The zero-order chi connectivity index (χ0) is 16.9. The number of guanidine groups is 1. The minimum absolute atomic E-state index is 0.166. The molecule has 0 aliphatic carbocycles. The lowest BCUT2D eigenvalue weighted by Crippen LogP contribution is -2.47. The predicted molar refractivity (Wildman–Crippen MR) is 93.3 cm³/mol. The third-order valence-electron chi connectivity index (χ3n) is 4.27. The summed E-state index contributed by atoms with van der Waals surface area (Å²) in [6.45, 7) is 9.25. The molecule has 23 heavy (non-hydrogen) atoms. The topological polar surface area (TPSA) is 63.5 Å². The van der Waals surface area contributed by atoms with Gasteiger partial charge in [0.1, 0.15) is 0 Å². The molecule has 0 bridgehead atoms. The van der Waals surface area contributed by atoms with Crippen LogP contribution in [-0.4, -0.2) is 42.0 Å². The Morgan fingerprint density at radius 3 is 2.83 bits per heavy atom. The molecule has 130 valence electrons. The molecule has 1 saturated heterocycles. The van der Waals surface area contributed by atoms with E-state index >= 15 is 0 Å². The molecule has 1 aliphatic heterocycles. The van der Waals surface area contributed by atoms with Crippen LogP contribution in [-0.2, 0) is 18.3 Å². The zero-order valence-electron chi connectivity index (χ0n) is 15.1. The molecule has 6 nitrogen and oxygen atoms in total. The fourth-order valence-electron chi connectivity index (χ4n) is 3.21. The SMILES string of the molecule is CN=C(NCc1cnn(C)c1)NCC1CCCOC1C(C)(C)C. The Kier molecular flexibility index (Phi) is 6.04. The number of aryl methyl sites for hydroxylation is 1. The molecule has 2 rings (SSSR count). The second-order valence-corrected chi connectivity index (χ2v) is 7.39. The summed E-state index contributed by atoms with van der Waals surface area (Å²) >= 11 is 0. The normalized spacial score (nSPS) is 22.9. The molecule has 2 unspecified atom stereocenters. The number of nitrogens with zero attached hydrogens (tertiary/aromatic N) is 3. The largest absolute Gasteiger partial charge is 0.377 e. The molecule has 2 atom stereocenters. The van der Waals surface area contributed by atoms with Gasteiger partial charge in [-0.05, 0) is 18.3 Å². The van der Waals surface area contributed by atoms with Crippen molar-refractivity contribution in [2.75, 3.05) is 20.2 Å². The van der Waals surface area contributed by atoms with Gasteiger partial charge in [-0.1, -0.05) is 20.8 Å². The highest BCUT2D eigenvalue weighted by molar-refractivity contribution is 5.79. The van der Waals surface area contributed by atoms with Crippen LogP contribution in [0.5, 0.6) is 0 Å². The van der Waals surface area contributed by atoms with E-state index in [9.17, 15) is 0 Å². The van der Waals surface area contributed by atoms with Crippen molar-refractivity contribution in [3.05, 3.63) is 18.0 Å². The molecule has 0 spiro atoms. The van der Waals surface area contributed by atoms with Gasteiger partial charge in [-0.25, -0.2) is 0 Å². The van der Waals surface area contributed by atoms with Crippen LogP contribution in [0.3, 0.4) is 0 Å². The first kappa shape index (κ1) is 17.8. The highest BCUT2D eigenvalue weighted by atomic mass is 16.5. The first-order valence-corrected chi connectivity index (χ1v) is 8.44. The average molecular weight is 321 g/mol. The van der Waals surface area contributed by atoms with E-state index in [0.29, 0.717) is 12.0 Å². The van der Waals surface area contributed by atoms with Crippen LogP contribution in [0, 0.1) is 11.3 Å². The summed E-state index contributed by atoms with van der Waals surface area (Å²) in [7, 11) is 3.73. The molecule has 0 saturated carbocycles. The van der Waals surface area contributed by atoms with Gasteiger partial charge in [0.05, 0.1) is 12.3 Å². The van der Waals surface area contributed by atoms with Crippen molar-refractivity contribution in [2.45, 2.75) is 46.3 Å². The first-order chi connectivity index (χ1) is 10.9. The molecule has 0 radical (unpaired) electrons. The Morgan fingerprint density at radius 1 is 1.43 bits per heavy atom. The van der Waals surface area contributed by atoms with Crippen molar-refractivity contribution in [3.63, 3.8) is 0 Å². The monoisotopic (exact) mass is 321 g/mol. The molecule has 2 N–H and O–H groups in total. The van der Waals surface area contributed by atoms with Crippen molar-refractivity contribution in [1.29, 1.82) is 0 Å². The fourth-order valence-corrected chi connectivity index (χ4v) is 3.21. The quantitative estimate of drug-likeness (QED) is 0.657. The molecule has 2 heterocycles. The maximum atomic E-state index is 6.04. The van der Waals surface area contributed by atoms with E-state index in [2.05, 4.69) is 41.5 Å². The van der Waals surface area contributed by atoms with Crippen LogP contribution in [0.25, 0.3) is 0 Å². The molecule has 1 fully saturated rings. The fraction of sp³-hybridized carbons (Fsp3) is 0.765. The van der Waals surface area contributed by atoms with E-state index in [1.54, 1.807) is 11.7 Å². The van der Waals surface area contributed by atoms with Gasteiger partial charge in [0.25, 0.3) is 0 Å². The van der Waals surface area contributed by atoms with E-state index < -0.39 is 0 Å². The summed E-state index contributed by atoms with van der Waals surface area (Å²) in [6, 6.07) is 0. The van der Waals surface area contributed by atoms with Gasteiger partial charge in [0, 0.05) is 51.5 Å². The maximum absolute atomic E-state index is 6.04. The summed E-state index contributed by atoms with van der Waals surface area (Å²) in [5, 5.41) is 11.0. The molecule has 1 aromatic rings. The summed E-state index contributed by atoms with van der Waals surface area (Å²) in [6.07, 6.45) is 6.51. The predicted octanol–water partition coefficient (Wildman–Crippen LogP) is 1.93. The van der Waals surface area contributed by atoms with E-state index in [1.165, 1.54) is 6.42 Å². The van der Waals surface area contributed by atoms with E-state index in [-0.39, 0.29) is 5.41 Å². The van der Waals surface area contributed by atoms with Gasteiger partial charge in [0.15, 0.2) is 5.96 Å². The van der Waals surface area contributed by atoms with Gasteiger partial charge in [-0.2, -0.15) is 5.10 Å². The molecule has 1 aromatic heterocycles. The second-order valence-electron chi connectivity index (χ2n) is 7.39. The van der Waals surface area contributed by atoms with Gasteiger partial charge in [0.2, 0.25) is 0 Å². The van der Waals surface area contributed by atoms with E-state index in [0.717, 1.165) is 37.6 Å². The first-order valence-electron chi connectivity index (χ1n) is 8.44. The van der Waals surface area contributed by atoms with Crippen LogP contribution in [0.4, 0.5) is 0 Å². The van der Waals surface area contributed by atoms with Crippen molar-refractivity contribution >= 4 is 5.96 Å². The smallest absolute Gasteiger partial charge is 0.191 e. The number of hydrogen-bond acceptors (Lipinski definition) is 3. The van der Waals surface area contributed by atoms with Crippen molar-refractivity contribution in [1.82, 2.24) is 20.4 Å². The minimum atomic E-state index is 0.166. The number of ether oxygens (including phenoxy) is 1. The van der Waals surface area contributed by atoms with Crippen LogP contribution < -0.4 is 10.6 Å². The van der Waals surface area contributed by atoms with Crippen molar-refractivity contribution in [2.24, 2.45) is 23.4 Å². The zero-order valence-corrected chi connectivity index (χ0v) is 15.1. The van der Waals surface area contributed by atoms with Crippen molar-refractivity contribution in [3.8, 4) is 0 Å². The van der Waals surface area contributed by atoms with Crippen LogP contribution in [0.15, 0.2) is 17.4 Å².